The minimum absolute atomic E-state index is 0.0645. The second-order valence-corrected chi connectivity index (χ2v) is 11.4. The Morgan fingerprint density at radius 1 is 1.10 bits per heavy atom. The molecule has 0 spiro atoms. The first kappa shape index (κ1) is 29.5. The molecule has 1 saturated heterocycles. The molecule has 4 rings (SSSR count). The van der Waals surface area contributed by atoms with Gasteiger partial charge in [-0.25, -0.2) is 0 Å². The number of carbonyl (C=O) groups is 1. The van der Waals surface area contributed by atoms with E-state index in [0.29, 0.717) is 29.7 Å². The molecule has 0 aromatic heterocycles. The zero-order valence-electron chi connectivity index (χ0n) is 23.0. The summed E-state index contributed by atoms with van der Waals surface area (Å²) in [4.78, 5) is 14.6. The summed E-state index contributed by atoms with van der Waals surface area (Å²) in [5, 5.41) is 62.6. The SMILES string of the molecule is CC(C)=CCC/C(C)=C/CC[C@]1(C)Oc2c(c(O)cc3c2CN([C@H]2C(O)O[C@H](CO)[C@@H](O)[C@@H]2O)C3=O)C[C@H]1O. The highest BCUT2D eigenvalue weighted by molar-refractivity contribution is 6.00. The van der Waals surface area contributed by atoms with Crippen LogP contribution in [-0.2, 0) is 17.7 Å². The van der Waals surface area contributed by atoms with Crippen LogP contribution in [0.25, 0.3) is 0 Å². The van der Waals surface area contributed by atoms with Crippen LogP contribution in [0.1, 0.15) is 74.9 Å². The number of allylic oxidation sites excluding steroid dienone is 4. The van der Waals surface area contributed by atoms with Crippen molar-refractivity contribution in [3.8, 4) is 11.5 Å². The maximum Gasteiger partial charge on any atom is 0.255 e. The van der Waals surface area contributed by atoms with E-state index in [1.165, 1.54) is 22.1 Å². The predicted octanol–water partition coefficient (Wildman–Crippen LogP) is 1.68. The molecule has 1 aromatic carbocycles. The van der Waals surface area contributed by atoms with E-state index < -0.39 is 54.9 Å². The van der Waals surface area contributed by atoms with Crippen molar-refractivity contribution in [3.63, 3.8) is 0 Å². The van der Waals surface area contributed by atoms with Crippen molar-refractivity contribution in [2.45, 2.75) is 109 Å². The zero-order valence-corrected chi connectivity index (χ0v) is 23.0. The third kappa shape index (κ3) is 5.73. The summed E-state index contributed by atoms with van der Waals surface area (Å²) >= 11 is 0. The maximum atomic E-state index is 13.4. The van der Waals surface area contributed by atoms with Crippen LogP contribution < -0.4 is 4.74 Å². The number of amides is 1. The van der Waals surface area contributed by atoms with Gasteiger partial charge in [0.05, 0.1) is 24.8 Å². The first-order valence-corrected chi connectivity index (χ1v) is 13.5. The Kier molecular flexibility index (Phi) is 8.75. The van der Waals surface area contributed by atoms with Crippen LogP contribution in [0.5, 0.6) is 11.5 Å². The normalized spacial score (nSPS) is 32.5. The van der Waals surface area contributed by atoms with Crippen molar-refractivity contribution < 1.29 is 44.9 Å². The number of aromatic hydroxyl groups is 1. The number of phenolic OH excluding ortho intramolecular Hbond substituents is 1. The fourth-order valence-corrected chi connectivity index (χ4v) is 5.68. The van der Waals surface area contributed by atoms with Crippen LogP contribution in [0.2, 0.25) is 0 Å². The van der Waals surface area contributed by atoms with Gasteiger partial charge in [0.25, 0.3) is 5.91 Å². The molecule has 3 heterocycles. The second-order valence-electron chi connectivity index (χ2n) is 11.4. The molecular formula is C29H41NO9. The van der Waals surface area contributed by atoms with Gasteiger partial charge in [0.1, 0.15) is 41.5 Å². The Morgan fingerprint density at radius 3 is 2.49 bits per heavy atom. The minimum Gasteiger partial charge on any atom is -0.508 e. The van der Waals surface area contributed by atoms with Gasteiger partial charge in [-0.05, 0) is 59.4 Å². The van der Waals surface area contributed by atoms with Gasteiger partial charge in [-0.2, -0.15) is 0 Å². The van der Waals surface area contributed by atoms with E-state index >= 15 is 0 Å². The summed E-state index contributed by atoms with van der Waals surface area (Å²) in [7, 11) is 0. The largest absolute Gasteiger partial charge is 0.508 e. The van der Waals surface area contributed by atoms with Crippen molar-refractivity contribution in [2.75, 3.05) is 6.61 Å². The molecule has 1 aromatic rings. The maximum absolute atomic E-state index is 13.4. The summed E-state index contributed by atoms with van der Waals surface area (Å²) in [5.74, 6) is -0.445. The molecule has 3 aliphatic rings. The topological polar surface area (TPSA) is 160 Å². The number of fused-ring (bicyclic) bond motifs is 3. The van der Waals surface area contributed by atoms with Crippen molar-refractivity contribution in [1.29, 1.82) is 0 Å². The third-order valence-corrected chi connectivity index (χ3v) is 8.17. The predicted molar refractivity (Wildman–Crippen MR) is 142 cm³/mol. The van der Waals surface area contributed by atoms with Crippen LogP contribution in [0, 0.1) is 0 Å². The monoisotopic (exact) mass is 547 g/mol. The van der Waals surface area contributed by atoms with E-state index in [4.69, 9.17) is 9.47 Å². The van der Waals surface area contributed by atoms with Crippen LogP contribution in [-0.4, -0.2) is 90.4 Å². The molecule has 3 aliphatic heterocycles. The van der Waals surface area contributed by atoms with Gasteiger partial charge in [-0.15, -0.1) is 0 Å². The van der Waals surface area contributed by atoms with Crippen LogP contribution >= 0.6 is 0 Å². The smallest absolute Gasteiger partial charge is 0.255 e. The molecule has 0 saturated carbocycles. The fourth-order valence-electron chi connectivity index (χ4n) is 5.68. The number of hydrogen-bond donors (Lipinski definition) is 6. The Morgan fingerprint density at radius 2 is 1.82 bits per heavy atom. The van der Waals surface area contributed by atoms with Crippen molar-refractivity contribution >= 4 is 5.91 Å². The molecular weight excluding hydrogens is 506 g/mol. The van der Waals surface area contributed by atoms with Gasteiger partial charge in [0.15, 0.2) is 6.29 Å². The second kappa shape index (κ2) is 11.6. The lowest BCUT2D eigenvalue weighted by Gasteiger charge is -2.44. The first-order valence-electron chi connectivity index (χ1n) is 13.5. The molecule has 1 amide bonds. The van der Waals surface area contributed by atoms with Gasteiger partial charge in [-0.3, -0.25) is 4.79 Å². The van der Waals surface area contributed by atoms with Crippen molar-refractivity contribution in [1.82, 2.24) is 4.90 Å². The number of aliphatic hydroxyl groups is 5. The highest BCUT2D eigenvalue weighted by Crippen LogP contribution is 2.47. The Balaban J connectivity index is 1.55. The Bertz CT molecular complexity index is 1140. The molecule has 0 aliphatic carbocycles. The number of ether oxygens (including phenoxy) is 2. The molecule has 7 atom stereocenters. The summed E-state index contributed by atoms with van der Waals surface area (Å²) in [6.45, 7) is 7.36. The van der Waals surface area contributed by atoms with Gasteiger partial charge >= 0.3 is 0 Å². The van der Waals surface area contributed by atoms with Gasteiger partial charge in [0.2, 0.25) is 0 Å². The van der Waals surface area contributed by atoms with Gasteiger partial charge < -0.3 is 45.0 Å². The van der Waals surface area contributed by atoms with Gasteiger partial charge in [0, 0.05) is 17.5 Å². The van der Waals surface area contributed by atoms with E-state index in [2.05, 4.69) is 32.9 Å². The molecule has 0 bridgehead atoms. The average molecular weight is 548 g/mol. The molecule has 1 unspecified atom stereocenters. The van der Waals surface area contributed by atoms with Crippen LogP contribution in [0.15, 0.2) is 29.4 Å². The average Bonchev–Trinajstić information content (AvgIpc) is 3.18. The van der Waals surface area contributed by atoms with Crippen molar-refractivity contribution in [3.05, 3.63) is 46.1 Å². The molecule has 0 radical (unpaired) electrons. The van der Waals surface area contributed by atoms with E-state index in [1.54, 1.807) is 0 Å². The van der Waals surface area contributed by atoms with E-state index in [9.17, 15) is 35.4 Å². The lowest BCUT2D eigenvalue weighted by atomic mass is 9.84. The Hall–Kier alpha value is -2.47. The molecule has 216 valence electrons. The lowest BCUT2D eigenvalue weighted by Crippen LogP contribution is -2.64. The summed E-state index contributed by atoms with van der Waals surface area (Å²) < 4.78 is 11.6. The molecule has 1 fully saturated rings. The highest BCUT2D eigenvalue weighted by Gasteiger charge is 2.51. The Labute approximate surface area is 228 Å². The molecule has 10 nitrogen and oxygen atoms in total. The van der Waals surface area contributed by atoms with E-state index in [0.717, 1.165) is 12.8 Å². The number of hydrogen-bond acceptors (Lipinski definition) is 9. The standard InChI is InChI=1S/C29H41NO9/c1-15(2)7-5-8-16(3)9-6-10-29(4)22(33)12-18-20(32)11-17-19(26(18)39-29)13-30(27(17)36)23-25(35)24(34)21(14-31)38-28(23)37/h7,9,11,21-25,28,31-35,37H,5-6,8,10,12-14H2,1-4H3/b16-9+/t21-,22-,23-,24-,25-,28?,29+/m1/s1. The minimum atomic E-state index is -1.65. The first-order chi connectivity index (χ1) is 18.4. The fraction of sp³-hybridized carbons (Fsp3) is 0.621. The number of rotatable bonds is 8. The number of carbonyl (C=O) groups excluding carboxylic acids is 1. The van der Waals surface area contributed by atoms with E-state index in [-0.39, 0.29) is 24.3 Å². The lowest BCUT2D eigenvalue weighted by molar-refractivity contribution is -0.268. The number of aliphatic hydroxyl groups excluding tert-OH is 5. The highest BCUT2D eigenvalue weighted by atomic mass is 16.6. The summed E-state index contributed by atoms with van der Waals surface area (Å²) in [5.41, 5.74) is 2.57. The number of benzene rings is 1. The molecule has 10 heteroatoms. The summed E-state index contributed by atoms with van der Waals surface area (Å²) in [6, 6.07) is 0.00365. The summed E-state index contributed by atoms with van der Waals surface area (Å²) in [6.07, 6.45) is 0.760. The van der Waals surface area contributed by atoms with Crippen LogP contribution in [0.4, 0.5) is 0 Å². The number of nitrogens with zero attached hydrogens (tertiary/aromatic N) is 1. The molecule has 39 heavy (non-hydrogen) atoms. The van der Waals surface area contributed by atoms with E-state index in [1.807, 2.05) is 6.92 Å². The zero-order chi connectivity index (χ0) is 28.6. The quantitative estimate of drug-likeness (QED) is 0.266. The van der Waals surface area contributed by atoms with Gasteiger partial charge in [-0.1, -0.05) is 23.3 Å². The molecule has 6 N–H and O–H groups in total. The van der Waals surface area contributed by atoms with Crippen LogP contribution in [0.3, 0.4) is 0 Å². The third-order valence-electron chi connectivity index (χ3n) is 8.17. The number of phenols is 1. The van der Waals surface area contributed by atoms with Crippen molar-refractivity contribution in [2.24, 2.45) is 0 Å².